The summed E-state index contributed by atoms with van der Waals surface area (Å²) < 4.78 is 39.7. The fraction of sp³-hybridized carbons (Fsp3) is 0.250. The van der Waals surface area contributed by atoms with Gasteiger partial charge in [0.15, 0.2) is 0 Å². The van der Waals surface area contributed by atoms with Crippen LogP contribution in [0, 0.1) is 0 Å². The van der Waals surface area contributed by atoms with E-state index in [1.54, 1.807) is 69.3 Å². The Hall–Kier alpha value is -3.79. The molecule has 3 aromatic rings. The zero-order valence-corrected chi connectivity index (χ0v) is 19.8. The Labute approximate surface area is 197 Å². The van der Waals surface area contributed by atoms with Crippen LogP contribution in [0.3, 0.4) is 0 Å². The third-order valence-corrected chi connectivity index (χ3v) is 6.35. The van der Waals surface area contributed by atoms with Crippen molar-refractivity contribution in [1.82, 2.24) is 5.32 Å². The number of carbonyl (C=O) groups is 2. The summed E-state index contributed by atoms with van der Waals surface area (Å²) in [5.74, 6) is 0.176. The van der Waals surface area contributed by atoms with Crippen molar-refractivity contribution < 1.29 is 27.5 Å². The van der Waals surface area contributed by atoms with Crippen LogP contribution in [0.2, 0.25) is 0 Å². The van der Waals surface area contributed by atoms with Crippen molar-refractivity contribution in [1.29, 1.82) is 0 Å². The van der Waals surface area contributed by atoms with E-state index in [-0.39, 0.29) is 24.0 Å². The zero-order valence-electron chi connectivity index (χ0n) is 19.0. The molecule has 2 amide bonds. The normalized spacial score (nSPS) is 12.9. The Kier molecular flexibility index (Phi) is 6.09. The van der Waals surface area contributed by atoms with E-state index in [0.717, 1.165) is 0 Å². The molecule has 0 spiro atoms. The van der Waals surface area contributed by atoms with Gasteiger partial charge in [-0.25, -0.2) is 13.2 Å². The number of sulfonamides is 1. The summed E-state index contributed by atoms with van der Waals surface area (Å²) in [6, 6.07) is 14.5. The van der Waals surface area contributed by atoms with Gasteiger partial charge in [0, 0.05) is 28.1 Å². The molecular formula is C24H25N3O6S. The fourth-order valence-electron chi connectivity index (χ4n) is 3.59. The van der Waals surface area contributed by atoms with E-state index in [2.05, 4.69) is 15.4 Å². The fourth-order valence-corrected chi connectivity index (χ4v) is 4.85. The lowest BCUT2D eigenvalue weighted by Crippen LogP contribution is -2.34. The van der Waals surface area contributed by atoms with E-state index in [1.807, 2.05) is 0 Å². The summed E-state index contributed by atoms with van der Waals surface area (Å²) in [4.78, 5) is 23.9. The Morgan fingerprint density at radius 1 is 1.06 bits per heavy atom. The van der Waals surface area contributed by atoms with E-state index >= 15 is 0 Å². The van der Waals surface area contributed by atoms with Crippen molar-refractivity contribution in [3.63, 3.8) is 0 Å². The van der Waals surface area contributed by atoms with Crippen LogP contribution in [0.25, 0.3) is 10.8 Å². The van der Waals surface area contributed by atoms with E-state index < -0.39 is 21.7 Å². The largest absolute Gasteiger partial charge is 0.492 e. The molecule has 9 nitrogen and oxygen atoms in total. The van der Waals surface area contributed by atoms with Crippen LogP contribution in [-0.2, 0) is 14.8 Å². The number of carbonyl (C=O) groups excluding carboxylic acids is 2. The predicted molar refractivity (Wildman–Crippen MR) is 129 cm³/mol. The molecule has 3 N–H and O–H groups in total. The maximum absolute atomic E-state index is 13.2. The number of benzene rings is 3. The van der Waals surface area contributed by atoms with Crippen molar-refractivity contribution in [2.24, 2.45) is 0 Å². The molecule has 0 fully saturated rings. The van der Waals surface area contributed by atoms with Crippen LogP contribution < -0.4 is 20.1 Å². The van der Waals surface area contributed by atoms with E-state index in [4.69, 9.17) is 9.47 Å². The van der Waals surface area contributed by atoms with Gasteiger partial charge in [-0.3, -0.25) is 9.52 Å². The first kappa shape index (κ1) is 23.4. The number of anilines is 2. The summed E-state index contributed by atoms with van der Waals surface area (Å²) in [6.07, 6.45) is -0.542. The number of ether oxygens (including phenoxy) is 2. The van der Waals surface area contributed by atoms with Crippen LogP contribution in [0.4, 0.5) is 16.2 Å². The number of amides is 2. The second kappa shape index (κ2) is 8.86. The number of hydrogen-bond acceptors (Lipinski definition) is 6. The van der Waals surface area contributed by atoms with Crippen molar-refractivity contribution in [3.8, 4) is 5.75 Å². The van der Waals surface area contributed by atoms with Gasteiger partial charge in [0.25, 0.3) is 15.9 Å². The van der Waals surface area contributed by atoms with Gasteiger partial charge in [0.05, 0.1) is 17.1 Å². The minimum Gasteiger partial charge on any atom is -0.492 e. The molecule has 3 aromatic carbocycles. The highest BCUT2D eigenvalue weighted by atomic mass is 32.2. The summed E-state index contributed by atoms with van der Waals surface area (Å²) in [7, 11) is -3.95. The molecule has 0 saturated heterocycles. The third-order valence-electron chi connectivity index (χ3n) is 4.91. The van der Waals surface area contributed by atoms with Crippen molar-refractivity contribution in [2.45, 2.75) is 31.3 Å². The van der Waals surface area contributed by atoms with Crippen LogP contribution in [-0.4, -0.2) is 39.2 Å². The maximum atomic E-state index is 13.2. The maximum Gasteiger partial charge on any atom is 0.407 e. The monoisotopic (exact) mass is 483 g/mol. The molecule has 34 heavy (non-hydrogen) atoms. The Morgan fingerprint density at radius 2 is 1.82 bits per heavy atom. The summed E-state index contributed by atoms with van der Waals surface area (Å²) in [5.41, 5.74) is 0.757. The Balaban J connectivity index is 1.45. The lowest BCUT2D eigenvalue weighted by atomic mass is 10.1. The molecule has 10 heteroatoms. The lowest BCUT2D eigenvalue weighted by Gasteiger charge is -2.19. The van der Waals surface area contributed by atoms with Crippen LogP contribution in [0.1, 0.15) is 31.1 Å². The third kappa shape index (κ3) is 5.07. The average molecular weight is 484 g/mol. The first-order valence-electron chi connectivity index (χ1n) is 10.6. The first-order chi connectivity index (χ1) is 16.0. The van der Waals surface area contributed by atoms with Crippen LogP contribution in [0.5, 0.6) is 5.75 Å². The smallest absolute Gasteiger partial charge is 0.407 e. The zero-order chi connectivity index (χ0) is 24.5. The molecule has 0 unspecified atom stereocenters. The number of alkyl carbamates (subject to hydrolysis) is 1. The topological polar surface area (TPSA) is 123 Å². The molecule has 0 bridgehead atoms. The van der Waals surface area contributed by atoms with Crippen molar-refractivity contribution in [2.75, 3.05) is 23.2 Å². The first-order valence-corrected chi connectivity index (χ1v) is 12.1. The number of nitrogens with one attached hydrogen (secondary N) is 3. The van der Waals surface area contributed by atoms with E-state index in [9.17, 15) is 18.0 Å². The highest BCUT2D eigenvalue weighted by Gasteiger charge is 2.26. The molecule has 0 atom stereocenters. The molecular weight excluding hydrogens is 458 g/mol. The van der Waals surface area contributed by atoms with Crippen LogP contribution in [0.15, 0.2) is 59.5 Å². The molecule has 178 valence electrons. The average Bonchev–Trinajstić information content (AvgIpc) is 3.07. The Morgan fingerprint density at radius 3 is 2.59 bits per heavy atom. The van der Waals surface area contributed by atoms with Crippen LogP contribution >= 0.6 is 0 Å². The molecule has 0 saturated carbocycles. The van der Waals surface area contributed by atoms with Gasteiger partial charge < -0.3 is 20.1 Å². The van der Waals surface area contributed by atoms with Gasteiger partial charge in [0.2, 0.25) is 0 Å². The van der Waals surface area contributed by atoms with E-state index in [1.165, 1.54) is 6.07 Å². The van der Waals surface area contributed by atoms with Gasteiger partial charge in [-0.05, 0) is 51.1 Å². The predicted octanol–water partition coefficient (Wildman–Crippen LogP) is 4.11. The molecule has 4 rings (SSSR count). The molecule has 0 radical (unpaired) electrons. The summed E-state index contributed by atoms with van der Waals surface area (Å²) in [6.45, 7) is 5.71. The minimum atomic E-state index is -3.95. The second-order valence-electron chi connectivity index (χ2n) is 8.70. The van der Waals surface area contributed by atoms with Gasteiger partial charge in [0.1, 0.15) is 18.0 Å². The van der Waals surface area contributed by atoms with Crippen molar-refractivity contribution >= 4 is 44.2 Å². The molecule has 1 aliphatic heterocycles. The highest BCUT2D eigenvalue weighted by Crippen LogP contribution is 2.37. The SMILES string of the molecule is CC(C)(C)OC(=O)NCCOc1cccc(NS(=O)(=O)c2ccc3c4c(cccc24)C(=O)N3)c1. The van der Waals surface area contributed by atoms with Gasteiger partial charge in [-0.1, -0.05) is 18.2 Å². The highest BCUT2D eigenvalue weighted by molar-refractivity contribution is 7.93. The standard InChI is InChI=1S/C24H25N3O6S/c1-24(2,3)33-23(29)25-12-13-32-16-7-4-6-15(14-16)27-34(30,31)20-11-10-19-21-17(20)8-5-9-18(21)22(28)26-19/h4-11,14,27H,12-13H2,1-3H3,(H,25,29)(H,26,28). The summed E-state index contributed by atoms with van der Waals surface area (Å²) in [5, 5.41) is 6.38. The molecule has 1 heterocycles. The number of rotatable bonds is 7. The second-order valence-corrected chi connectivity index (χ2v) is 10.4. The minimum absolute atomic E-state index is 0.0671. The Bertz CT molecular complexity index is 1380. The summed E-state index contributed by atoms with van der Waals surface area (Å²) >= 11 is 0. The van der Waals surface area contributed by atoms with Gasteiger partial charge >= 0.3 is 6.09 Å². The lowest BCUT2D eigenvalue weighted by molar-refractivity contribution is 0.0520. The van der Waals surface area contributed by atoms with Gasteiger partial charge in [-0.2, -0.15) is 0 Å². The molecule has 0 aromatic heterocycles. The number of hydrogen-bond donors (Lipinski definition) is 3. The van der Waals surface area contributed by atoms with Crippen molar-refractivity contribution in [3.05, 3.63) is 60.2 Å². The molecule has 0 aliphatic carbocycles. The van der Waals surface area contributed by atoms with E-state index in [0.29, 0.717) is 33.5 Å². The quantitative estimate of drug-likeness (QED) is 0.435. The molecule has 1 aliphatic rings. The van der Waals surface area contributed by atoms with Gasteiger partial charge in [-0.15, -0.1) is 0 Å².